The highest BCUT2D eigenvalue weighted by Crippen LogP contribution is 2.25. The number of hydrogen-bond acceptors (Lipinski definition) is 3. The minimum Gasteiger partial charge on any atom is -0.491 e. The average Bonchev–Trinajstić information content (AvgIpc) is 2.74. The number of benzene rings is 1. The van der Waals surface area contributed by atoms with E-state index in [4.69, 9.17) is 21.7 Å². The second kappa shape index (κ2) is 6.90. The van der Waals surface area contributed by atoms with Crippen LogP contribution in [0.25, 0.3) is 11.0 Å². The molecule has 110 valence electrons. The van der Waals surface area contributed by atoms with Gasteiger partial charge in [0.1, 0.15) is 11.3 Å². The summed E-state index contributed by atoms with van der Waals surface area (Å²) in [6.07, 6.45) is 0.989. The molecule has 1 aromatic carbocycles. The molecule has 0 aliphatic rings. The van der Waals surface area contributed by atoms with Gasteiger partial charge in [-0.05, 0) is 36.7 Å². The van der Waals surface area contributed by atoms with Gasteiger partial charge in [-0.25, -0.2) is 0 Å². The normalized spacial score (nSPS) is 12.8. The largest absolute Gasteiger partial charge is 0.491 e. The first kappa shape index (κ1) is 15.1. The van der Waals surface area contributed by atoms with E-state index < -0.39 is 0 Å². The van der Waals surface area contributed by atoms with Crippen molar-refractivity contribution < 1.29 is 9.47 Å². The van der Waals surface area contributed by atoms with E-state index in [9.17, 15) is 0 Å². The van der Waals surface area contributed by atoms with E-state index in [2.05, 4.69) is 29.5 Å². The van der Waals surface area contributed by atoms with Crippen molar-refractivity contribution in [1.82, 2.24) is 9.55 Å². The third-order valence-electron chi connectivity index (χ3n) is 3.18. The predicted octanol–water partition coefficient (Wildman–Crippen LogP) is 3.77. The van der Waals surface area contributed by atoms with Crippen molar-refractivity contribution in [3.8, 4) is 5.75 Å². The number of fused-ring (bicyclic) bond motifs is 1. The highest BCUT2D eigenvalue weighted by molar-refractivity contribution is 7.71. The second-order valence-electron chi connectivity index (χ2n) is 5.10. The summed E-state index contributed by atoms with van der Waals surface area (Å²) < 4.78 is 13.8. The Morgan fingerprint density at radius 2 is 2.20 bits per heavy atom. The highest BCUT2D eigenvalue weighted by Gasteiger charge is 2.11. The van der Waals surface area contributed by atoms with Crippen LogP contribution in [0.5, 0.6) is 5.75 Å². The summed E-state index contributed by atoms with van der Waals surface area (Å²) >= 11 is 5.44. The molecule has 1 N–H and O–H groups in total. The molecule has 0 fully saturated rings. The van der Waals surface area contributed by atoms with Crippen molar-refractivity contribution in [3.05, 3.63) is 23.0 Å². The van der Waals surface area contributed by atoms with Crippen LogP contribution in [0.4, 0.5) is 0 Å². The number of imidazole rings is 1. The van der Waals surface area contributed by atoms with Gasteiger partial charge in [-0.15, -0.1) is 0 Å². The lowest BCUT2D eigenvalue weighted by Gasteiger charge is -2.12. The quantitative estimate of drug-likeness (QED) is 0.790. The molecule has 1 unspecified atom stereocenters. The van der Waals surface area contributed by atoms with Gasteiger partial charge in [-0.2, -0.15) is 0 Å². The fourth-order valence-electron chi connectivity index (χ4n) is 2.32. The Kier molecular flexibility index (Phi) is 5.20. The summed E-state index contributed by atoms with van der Waals surface area (Å²) in [6, 6.07) is 6.06. The topological polar surface area (TPSA) is 39.2 Å². The maximum Gasteiger partial charge on any atom is 0.178 e. The molecule has 4 nitrogen and oxygen atoms in total. The molecule has 1 atom stereocenters. The molecule has 1 aromatic heterocycles. The number of aromatic amines is 1. The Hall–Kier alpha value is -1.33. The Morgan fingerprint density at radius 3 is 2.90 bits per heavy atom. The number of ether oxygens (including phenoxy) is 2. The summed E-state index contributed by atoms with van der Waals surface area (Å²) in [5, 5.41) is 0. The van der Waals surface area contributed by atoms with E-state index in [-0.39, 0.29) is 0 Å². The van der Waals surface area contributed by atoms with E-state index in [1.165, 1.54) is 0 Å². The Labute approximate surface area is 124 Å². The van der Waals surface area contributed by atoms with Gasteiger partial charge in [0.2, 0.25) is 0 Å². The van der Waals surface area contributed by atoms with Crippen molar-refractivity contribution in [1.29, 1.82) is 0 Å². The average molecular weight is 294 g/mol. The van der Waals surface area contributed by atoms with E-state index in [1.807, 2.05) is 12.1 Å². The number of para-hydroxylation sites is 1. The molecule has 0 amide bonds. The van der Waals surface area contributed by atoms with Gasteiger partial charge < -0.3 is 19.0 Å². The standard InChI is InChI=1S/C15H22N2O2S/c1-4-8-19-13-7-5-6-12-14(13)16-15(20)17(12)9-11(2)10-18-3/h5-7,11H,4,8-10H2,1-3H3,(H,16,20). The lowest BCUT2D eigenvalue weighted by atomic mass is 10.2. The molecule has 2 rings (SSSR count). The van der Waals surface area contributed by atoms with Crippen LogP contribution in [0, 0.1) is 10.7 Å². The minimum atomic E-state index is 0.408. The number of methoxy groups -OCH3 is 1. The number of rotatable bonds is 7. The first-order valence-electron chi connectivity index (χ1n) is 7.00. The van der Waals surface area contributed by atoms with Gasteiger partial charge in [0.05, 0.1) is 18.7 Å². The number of H-pyrrole nitrogens is 1. The Bertz CT molecular complexity index is 618. The maximum atomic E-state index is 5.77. The van der Waals surface area contributed by atoms with E-state index in [1.54, 1.807) is 7.11 Å². The molecular weight excluding hydrogens is 272 g/mol. The first-order valence-corrected chi connectivity index (χ1v) is 7.41. The summed E-state index contributed by atoms with van der Waals surface area (Å²) in [7, 11) is 1.72. The van der Waals surface area contributed by atoms with Crippen LogP contribution in [0.15, 0.2) is 18.2 Å². The van der Waals surface area contributed by atoms with Crippen LogP contribution in [-0.2, 0) is 11.3 Å². The van der Waals surface area contributed by atoms with Crippen LogP contribution in [-0.4, -0.2) is 29.9 Å². The molecule has 0 aliphatic carbocycles. The summed E-state index contributed by atoms with van der Waals surface area (Å²) in [5.74, 6) is 1.28. The number of aromatic nitrogens is 2. The van der Waals surface area contributed by atoms with Crippen LogP contribution in [0.3, 0.4) is 0 Å². The lowest BCUT2D eigenvalue weighted by Crippen LogP contribution is -2.12. The molecule has 0 saturated carbocycles. The predicted molar refractivity (Wildman–Crippen MR) is 83.9 cm³/mol. The van der Waals surface area contributed by atoms with Crippen LogP contribution in [0.2, 0.25) is 0 Å². The smallest absolute Gasteiger partial charge is 0.178 e. The molecule has 0 saturated heterocycles. The zero-order valence-corrected chi connectivity index (χ0v) is 13.1. The van der Waals surface area contributed by atoms with Crippen molar-refractivity contribution in [2.24, 2.45) is 5.92 Å². The third-order valence-corrected chi connectivity index (χ3v) is 3.50. The van der Waals surface area contributed by atoms with Gasteiger partial charge in [0, 0.05) is 13.7 Å². The summed E-state index contributed by atoms with van der Waals surface area (Å²) in [5.41, 5.74) is 2.07. The minimum absolute atomic E-state index is 0.408. The van der Waals surface area contributed by atoms with E-state index >= 15 is 0 Å². The molecule has 1 heterocycles. The fraction of sp³-hybridized carbons (Fsp3) is 0.533. The van der Waals surface area contributed by atoms with Crippen molar-refractivity contribution >= 4 is 23.3 Å². The molecule has 0 aliphatic heterocycles. The van der Waals surface area contributed by atoms with Gasteiger partial charge in [-0.3, -0.25) is 0 Å². The van der Waals surface area contributed by atoms with Crippen molar-refractivity contribution in [2.45, 2.75) is 26.8 Å². The SMILES string of the molecule is CCCOc1cccc2c1[nH]c(=S)n2CC(C)COC. The molecule has 20 heavy (non-hydrogen) atoms. The fourth-order valence-corrected chi connectivity index (χ4v) is 2.59. The zero-order valence-electron chi connectivity index (χ0n) is 12.3. The molecule has 5 heteroatoms. The van der Waals surface area contributed by atoms with E-state index in [0.29, 0.717) is 12.5 Å². The first-order chi connectivity index (χ1) is 9.67. The van der Waals surface area contributed by atoms with Gasteiger partial charge in [-0.1, -0.05) is 19.9 Å². The Morgan fingerprint density at radius 1 is 1.40 bits per heavy atom. The maximum absolute atomic E-state index is 5.77. The van der Waals surface area contributed by atoms with Gasteiger partial charge >= 0.3 is 0 Å². The highest BCUT2D eigenvalue weighted by atomic mass is 32.1. The van der Waals surface area contributed by atoms with Crippen LogP contribution < -0.4 is 4.74 Å². The number of hydrogen-bond donors (Lipinski definition) is 1. The monoisotopic (exact) mass is 294 g/mol. The van der Waals surface area contributed by atoms with Crippen molar-refractivity contribution in [2.75, 3.05) is 20.3 Å². The summed E-state index contributed by atoms with van der Waals surface area (Å²) in [6.45, 7) is 6.52. The molecule has 2 aromatic rings. The van der Waals surface area contributed by atoms with Crippen LogP contribution >= 0.6 is 12.2 Å². The second-order valence-corrected chi connectivity index (χ2v) is 5.49. The third kappa shape index (κ3) is 3.22. The lowest BCUT2D eigenvalue weighted by molar-refractivity contribution is 0.152. The van der Waals surface area contributed by atoms with Crippen LogP contribution in [0.1, 0.15) is 20.3 Å². The molecular formula is C15H22N2O2S. The number of nitrogens with one attached hydrogen (secondary N) is 1. The van der Waals surface area contributed by atoms with Gasteiger partial charge in [0.25, 0.3) is 0 Å². The van der Waals surface area contributed by atoms with Crippen molar-refractivity contribution in [3.63, 3.8) is 0 Å². The number of nitrogens with zero attached hydrogens (tertiary/aromatic N) is 1. The Balaban J connectivity index is 2.36. The molecule has 0 spiro atoms. The van der Waals surface area contributed by atoms with E-state index in [0.717, 1.165) is 41.1 Å². The summed E-state index contributed by atoms with van der Waals surface area (Å²) in [4.78, 5) is 3.26. The molecule has 0 bridgehead atoms. The molecule has 0 radical (unpaired) electrons. The van der Waals surface area contributed by atoms with Gasteiger partial charge in [0.15, 0.2) is 4.77 Å². The zero-order chi connectivity index (χ0) is 14.5.